The summed E-state index contributed by atoms with van der Waals surface area (Å²) in [5.74, 6) is 0.768. The van der Waals surface area contributed by atoms with Crippen molar-refractivity contribution < 1.29 is 14.3 Å². The molecule has 2 atom stereocenters. The monoisotopic (exact) mass is 437 g/mol. The Morgan fingerprint density at radius 1 is 1.06 bits per heavy atom. The molecule has 0 spiro atoms. The van der Waals surface area contributed by atoms with Crippen LogP contribution in [0, 0.1) is 0 Å². The summed E-state index contributed by atoms with van der Waals surface area (Å²) in [4.78, 5) is 30.1. The zero-order valence-corrected chi connectivity index (χ0v) is 17.5. The molecule has 1 fully saturated rings. The minimum atomic E-state index is -0.281. The number of halogens is 1. The van der Waals surface area contributed by atoms with Crippen LogP contribution in [0.4, 0.5) is 11.9 Å². The number of imide groups is 1. The summed E-state index contributed by atoms with van der Waals surface area (Å²) in [5.41, 5.74) is 2.00. The standard InChI is InChI=1S/C22H20ClN5O3/c1-31-18-5-3-2-4-15(18)17-12-16(13-6-8-14(23)9-7-13)24-21-25-22(26-28(17)21)27-19(29)10-11-20(27)30/h2-9,16-17H,10-12H2,1H3,(H,24,25,26)/t16-,17-/m0/s1. The predicted molar refractivity (Wildman–Crippen MR) is 115 cm³/mol. The third-order valence-corrected chi connectivity index (χ3v) is 5.95. The highest BCUT2D eigenvalue weighted by Crippen LogP contribution is 2.41. The number of carbonyl (C=O) groups excluding carboxylic acids is 2. The Balaban J connectivity index is 1.60. The average Bonchev–Trinajstić information content (AvgIpc) is 3.35. The summed E-state index contributed by atoms with van der Waals surface area (Å²) in [7, 11) is 1.63. The number of fused-ring (bicyclic) bond motifs is 1. The van der Waals surface area contributed by atoms with Crippen molar-refractivity contribution in [3.8, 4) is 5.75 Å². The van der Waals surface area contributed by atoms with Gasteiger partial charge in [-0.25, -0.2) is 9.58 Å². The second-order valence-electron chi connectivity index (χ2n) is 7.54. The molecule has 31 heavy (non-hydrogen) atoms. The number of benzene rings is 2. The van der Waals surface area contributed by atoms with Gasteiger partial charge in [0.2, 0.25) is 17.8 Å². The molecule has 8 nitrogen and oxygen atoms in total. The van der Waals surface area contributed by atoms with Crippen LogP contribution in [0.25, 0.3) is 0 Å². The van der Waals surface area contributed by atoms with Gasteiger partial charge in [-0.2, -0.15) is 4.98 Å². The number of anilines is 2. The molecule has 0 bridgehead atoms. The number of ether oxygens (including phenoxy) is 1. The molecule has 2 amide bonds. The van der Waals surface area contributed by atoms with Gasteiger partial charge in [0, 0.05) is 23.4 Å². The van der Waals surface area contributed by atoms with Gasteiger partial charge in [0.05, 0.1) is 19.2 Å². The van der Waals surface area contributed by atoms with Crippen molar-refractivity contribution in [1.82, 2.24) is 14.8 Å². The summed E-state index contributed by atoms with van der Waals surface area (Å²) >= 11 is 6.07. The average molecular weight is 438 g/mol. The number of rotatable bonds is 4. The van der Waals surface area contributed by atoms with E-state index >= 15 is 0 Å². The predicted octanol–water partition coefficient (Wildman–Crippen LogP) is 3.74. The molecule has 1 aromatic heterocycles. The quantitative estimate of drug-likeness (QED) is 0.625. The van der Waals surface area contributed by atoms with E-state index in [2.05, 4.69) is 15.4 Å². The van der Waals surface area contributed by atoms with Gasteiger partial charge in [-0.05, 0) is 30.2 Å². The van der Waals surface area contributed by atoms with Crippen LogP contribution >= 0.6 is 11.6 Å². The molecule has 0 aliphatic carbocycles. The second-order valence-corrected chi connectivity index (χ2v) is 7.98. The van der Waals surface area contributed by atoms with E-state index in [0.29, 0.717) is 17.4 Å². The third-order valence-electron chi connectivity index (χ3n) is 5.70. The molecule has 2 aromatic carbocycles. The molecule has 1 saturated heterocycles. The lowest BCUT2D eigenvalue weighted by atomic mass is 9.93. The van der Waals surface area contributed by atoms with Crippen molar-refractivity contribution in [1.29, 1.82) is 0 Å². The molecule has 2 aliphatic heterocycles. The van der Waals surface area contributed by atoms with E-state index in [9.17, 15) is 9.59 Å². The van der Waals surface area contributed by atoms with Gasteiger partial charge < -0.3 is 10.1 Å². The van der Waals surface area contributed by atoms with Crippen LogP contribution in [0.15, 0.2) is 48.5 Å². The number of amides is 2. The number of nitrogens with one attached hydrogen (secondary N) is 1. The number of carbonyl (C=O) groups is 2. The molecule has 9 heteroatoms. The first kappa shape index (κ1) is 19.6. The van der Waals surface area contributed by atoms with E-state index in [4.69, 9.17) is 16.3 Å². The second kappa shape index (κ2) is 7.70. The molecule has 3 aromatic rings. The normalized spacial score (nSPS) is 20.5. The molecule has 5 rings (SSSR count). The van der Waals surface area contributed by atoms with Crippen LogP contribution in [0.5, 0.6) is 5.75 Å². The zero-order valence-electron chi connectivity index (χ0n) is 16.8. The first-order valence-corrected chi connectivity index (χ1v) is 10.4. The Kier molecular flexibility index (Phi) is 4.86. The Morgan fingerprint density at radius 2 is 1.77 bits per heavy atom. The first-order chi connectivity index (χ1) is 15.0. The number of methoxy groups -OCH3 is 1. The van der Waals surface area contributed by atoms with E-state index in [0.717, 1.165) is 21.8 Å². The molecular weight excluding hydrogens is 418 g/mol. The maximum absolute atomic E-state index is 12.2. The van der Waals surface area contributed by atoms with Crippen LogP contribution in [0.1, 0.15) is 42.5 Å². The first-order valence-electron chi connectivity index (χ1n) is 10.0. The fraction of sp³-hybridized carbons (Fsp3) is 0.273. The highest BCUT2D eigenvalue weighted by Gasteiger charge is 2.37. The summed E-state index contributed by atoms with van der Waals surface area (Å²) in [6.07, 6.45) is 1.03. The topological polar surface area (TPSA) is 89.3 Å². The van der Waals surface area contributed by atoms with Crippen molar-refractivity contribution in [2.75, 3.05) is 17.3 Å². The lowest BCUT2D eigenvalue weighted by Gasteiger charge is -2.32. The van der Waals surface area contributed by atoms with Gasteiger partial charge >= 0.3 is 0 Å². The minimum Gasteiger partial charge on any atom is -0.496 e. The molecular formula is C22H20ClN5O3. The Hall–Kier alpha value is -3.39. The maximum atomic E-state index is 12.2. The van der Waals surface area contributed by atoms with Gasteiger partial charge in [0.25, 0.3) is 5.95 Å². The fourth-order valence-electron chi connectivity index (χ4n) is 4.17. The van der Waals surface area contributed by atoms with Crippen LogP contribution in [-0.2, 0) is 9.59 Å². The molecule has 3 heterocycles. The maximum Gasteiger partial charge on any atom is 0.260 e. The van der Waals surface area contributed by atoms with Gasteiger partial charge in [0.1, 0.15) is 5.75 Å². The van der Waals surface area contributed by atoms with Gasteiger partial charge in [0.15, 0.2) is 0 Å². The largest absolute Gasteiger partial charge is 0.496 e. The van der Waals surface area contributed by atoms with E-state index < -0.39 is 0 Å². The van der Waals surface area contributed by atoms with E-state index in [-0.39, 0.29) is 42.7 Å². The summed E-state index contributed by atoms with van der Waals surface area (Å²) < 4.78 is 7.33. The van der Waals surface area contributed by atoms with Crippen LogP contribution < -0.4 is 15.0 Å². The fourth-order valence-corrected chi connectivity index (χ4v) is 4.30. The molecule has 158 valence electrons. The Bertz CT molecular complexity index is 1140. The highest BCUT2D eigenvalue weighted by atomic mass is 35.5. The van der Waals surface area contributed by atoms with Gasteiger partial charge in [-0.15, -0.1) is 5.10 Å². The summed E-state index contributed by atoms with van der Waals surface area (Å²) in [6, 6.07) is 15.1. The minimum absolute atomic E-state index is 0.0679. The molecule has 0 unspecified atom stereocenters. The van der Waals surface area contributed by atoms with Crippen molar-refractivity contribution in [2.24, 2.45) is 0 Å². The molecule has 0 radical (unpaired) electrons. The van der Waals surface area contributed by atoms with Crippen LogP contribution in [0.2, 0.25) is 5.02 Å². The van der Waals surface area contributed by atoms with Crippen molar-refractivity contribution >= 4 is 35.3 Å². The number of hydrogen-bond donors (Lipinski definition) is 1. The smallest absolute Gasteiger partial charge is 0.260 e. The van der Waals surface area contributed by atoms with Crippen LogP contribution in [-0.4, -0.2) is 33.7 Å². The van der Waals surface area contributed by atoms with Crippen LogP contribution in [0.3, 0.4) is 0 Å². The van der Waals surface area contributed by atoms with E-state index in [1.807, 2.05) is 48.5 Å². The Morgan fingerprint density at radius 3 is 2.48 bits per heavy atom. The lowest BCUT2D eigenvalue weighted by molar-refractivity contribution is -0.121. The van der Waals surface area contributed by atoms with Gasteiger partial charge in [-0.3, -0.25) is 9.59 Å². The lowest BCUT2D eigenvalue weighted by Crippen LogP contribution is -2.30. The summed E-state index contributed by atoms with van der Waals surface area (Å²) in [6.45, 7) is 0. The number of hydrogen-bond acceptors (Lipinski definition) is 6. The van der Waals surface area contributed by atoms with Crippen molar-refractivity contribution in [3.05, 3.63) is 64.7 Å². The molecule has 1 N–H and O–H groups in total. The number of aromatic nitrogens is 3. The van der Waals surface area contributed by atoms with E-state index in [1.165, 1.54) is 0 Å². The number of nitrogens with zero attached hydrogens (tertiary/aromatic N) is 4. The third kappa shape index (κ3) is 3.42. The van der Waals surface area contributed by atoms with Crippen molar-refractivity contribution in [3.63, 3.8) is 0 Å². The Labute approximate surface area is 183 Å². The zero-order chi connectivity index (χ0) is 21.5. The van der Waals surface area contributed by atoms with Crippen molar-refractivity contribution in [2.45, 2.75) is 31.3 Å². The number of para-hydroxylation sites is 1. The highest BCUT2D eigenvalue weighted by molar-refractivity contribution is 6.30. The van der Waals surface area contributed by atoms with E-state index in [1.54, 1.807) is 11.8 Å². The molecule has 2 aliphatic rings. The molecule has 0 saturated carbocycles. The van der Waals surface area contributed by atoms with Gasteiger partial charge in [-0.1, -0.05) is 41.9 Å². The summed E-state index contributed by atoms with van der Waals surface area (Å²) in [5, 5.41) is 8.62. The SMILES string of the molecule is COc1ccccc1[C@@H]1C[C@@H](c2ccc(Cl)cc2)Nc2nc(N3C(=O)CCC3=O)nn21.